The van der Waals surface area contributed by atoms with Gasteiger partial charge in [-0.25, -0.2) is 36.4 Å². The zero-order valence-corrected chi connectivity index (χ0v) is 63.6. The lowest BCUT2D eigenvalue weighted by Crippen LogP contribution is -2.54. The first-order chi connectivity index (χ1) is 49.7. The first-order valence-corrected chi connectivity index (χ1v) is 38.6. The molecule has 3 aliphatic heterocycles. The second kappa shape index (κ2) is 42.6. The number of carbonyl (C=O) groups is 2. The van der Waals surface area contributed by atoms with E-state index in [9.17, 15) is 44.4 Å². The summed E-state index contributed by atoms with van der Waals surface area (Å²) in [6, 6.07) is 19.1. The van der Waals surface area contributed by atoms with Crippen LogP contribution in [0.25, 0.3) is 44.8 Å². The van der Waals surface area contributed by atoms with E-state index in [1.807, 2.05) is 59.7 Å². The zero-order chi connectivity index (χ0) is 77.7. The van der Waals surface area contributed by atoms with Crippen molar-refractivity contribution in [2.75, 3.05) is 85.5 Å². The summed E-state index contributed by atoms with van der Waals surface area (Å²) in [5.74, 6) is -1.51. The van der Waals surface area contributed by atoms with Crippen LogP contribution in [0.3, 0.4) is 0 Å². The highest BCUT2D eigenvalue weighted by Gasteiger charge is 2.39. The maximum atomic E-state index is 13.3. The molecule has 0 radical (unpaired) electrons. The van der Waals surface area contributed by atoms with Crippen LogP contribution in [0.2, 0.25) is 0 Å². The van der Waals surface area contributed by atoms with Gasteiger partial charge in [-0.15, -0.1) is 0 Å². The number of aryl methyl sites for hydroxylation is 4. The van der Waals surface area contributed by atoms with E-state index in [-0.39, 0.29) is 77.2 Å². The minimum absolute atomic E-state index is 0.0856. The Kier molecular flexibility index (Phi) is 35.7. The number of aliphatic hydroxyl groups excluding tert-OH is 3. The van der Waals surface area contributed by atoms with Crippen molar-refractivity contribution in [2.24, 2.45) is 14.1 Å². The number of rotatable bonds is 29. The molecular weight excluding hydrogens is 1440 g/mol. The average Bonchev–Trinajstić information content (AvgIpc) is 1.31. The van der Waals surface area contributed by atoms with E-state index < -0.39 is 36.8 Å². The van der Waals surface area contributed by atoms with Crippen LogP contribution in [0.5, 0.6) is 11.5 Å². The topological polar surface area (TPSA) is 384 Å². The molecule has 0 spiro atoms. The van der Waals surface area contributed by atoms with Crippen LogP contribution >= 0.6 is 10.7 Å². The quantitative estimate of drug-likeness (QED) is 0.0170. The number of carboxylic acids is 1. The lowest BCUT2D eigenvalue weighted by atomic mass is 10.1. The van der Waals surface area contributed by atoms with Gasteiger partial charge in [0.2, 0.25) is 10.0 Å². The number of amides is 1. The third-order valence-corrected chi connectivity index (χ3v) is 18.7. The van der Waals surface area contributed by atoms with E-state index in [1.165, 1.54) is 73.7 Å². The minimum Gasteiger partial charge on any atom is -0.493 e. The van der Waals surface area contributed by atoms with E-state index in [1.54, 1.807) is 27.1 Å². The van der Waals surface area contributed by atoms with Crippen molar-refractivity contribution in [3.63, 3.8) is 0 Å². The molecule has 7 aromatic rings. The third kappa shape index (κ3) is 27.6. The summed E-state index contributed by atoms with van der Waals surface area (Å²) in [5.41, 5.74) is 3.96. The van der Waals surface area contributed by atoms with Gasteiger partial charge in [-0.2, -0.15) is 27.7 Å². The Labute approximate surface area is 614 Å². The van der Waals surface area contributed by atoms with Crippen molar-refractivity contribution in [1.82, 2.24) is 54.0 Å². The summed E-state index contributed by atoms with van der Waals surface area (Å²) >= 11 is 0. The standard InChI is InChI=1S/C24H33N5O6S.C17H19ClN4O4S.C12H18O.C8H15NO3.C7H15NO2.C2HF3O2/c1-4-8-19-21-22(28(3)27-19)24(31)26-23(25-21)18-13-17(9-10-20(18)34-5-2)36(32,33)29-14-16(15-29)35-12-7-6-11-30;1-4-6-12-14-15(22(3)21-12)17(23)20-16(19-14)11-9-10(27(18,24)25)7-8-13(11)26-5-2;1-2-3-7-10-13-11-12-8-5-4-6-9-12;1-8(2,3)12-7(11)9-4-6(10)5-9;9-3-1-2-4-10-7-5-8-6-7;3-2(4,5)1(6)7/h9-10,13,16,30H,4-8,11-12,14-15H2,1-3H3,(H,25,26,31);7-9H,4-6H2,1-3H3,(H,19,20,23);4-6,8-9H,2-3,7,10-11H2,1H3;6,10H,4-5H2,1-3H3;7-9H,1-6H2;(H,6,7). The van der Waals surface area contributed by atoms with Crippen molar-refractivity contribution in [3.05, 3.63) is 104 Å². The van der Waals surface area contributed by atoms with Crippen molar-refractivity contribution in [3.8, 4) is 34.3 Å². The number of carboxylic acid groups (broad SMARTS) is 1. The molecule has 7 N–H and O–H groups in total. The number of β-amino-alcohol motifs (C(OH)–C–C–N with tert-alkyl or cyclic N) is 1. The largest absolute Gasteiger partial charge is 0.493 e. The summed E-state index contributed by atoms with van der Waals surface area (Å²) < 4.78 is 119. The Bertz CT molecular complexity index is 4220. The maximum absolute atomic E-state index is 13.3. The first kappa shape index (κ1) is 88.0. The van der Waals surface area contributed by atoms with Gasteiger partial charge in [0.15, 0.2) is 11.0 Å². The highest BCUT2D eigenvalue weighted by atomic mass is 35.7. The number of hydrogen-bond donors (Lipinski definition) is 7. The number of hydrogen-bond acceptors (Lipinski definition) is 22. The van der Waals surface area contributed by atoms with Crippen LogP contribution in [0.1, 0.15) is 130 Å². The zero-order valence-electron chi connectivity index (χ0n) is 61.2. The SMILES string of the molecule is CC(C)(C)OC(=O)N1CC(O)C1.CCCCCOCc1ccccc1.CCCc1nn(C)c2c(=O)[nH]c(-c3cc(S(=O)(=O)Cl)ccc3OCC)nc12.CCCc1nn(C)c2c(=O)[nH]c(-c3cc(S(=O)(=O)N4CC(OCCCCO)C4)ccc3OCC)nc12.O=C(O)C(F)(F)F.OCCCCOC1CNC1. The monoisotopic (exact) mass is 1540 g/mol. The summed E-state index contributed by atoms with van der Waals surface area (Å²) in [6.45, 7) is 22.7. The normalized spacial score (nSPS) is 14.1. The number of unbranched alkanes of at least 4 members (excludes halogenated alkanes) is 4. The molecule has 584 valence electrons. The number of nitrogens with zero attached hydrogens (tertiary/aromatic N) is 8. The number of carbonyl (C=O) groups excluding carboxylic acids is 1. The average molecular weight is 1540 g/mol. The summed E-state index contributed by atoms with van der Waals surface area (Å²) in [7, 11) is 1.13. The van der Waals surface area contributed by atoms with E-state index >= 15 is 0 Å². The predicted molar refractivity (Wildman–Crippen MR) is 389 cm³/mol. The second-order valence-corrected chi connectivity index (χ2v) is 29.9. The van der Waals surface area contributed by atoms with Crippen LogP contribution in [-0.4, -0.2) is 214 Å². The van der Waals surface area contributed by atoms with Crippen molar-refractivity contribution >= 4 is 63.9 Å². The number of benzene rings is 3. The fourth-order valence-corrected chi connectivity index (χ4v) is 12.4. The molecule has 3 aliphatic rings. The van der Waals surface area contributed by atoms with Crippen LogP contribution in [-0.2, 0) is 76.4 Å². The summed E-state index contributed by atoms with van der Waals surface area (Å²) in [4.78, 5) is 61.8. The Morgan fingerprint density at radius 1 is 0.648 bits per heavy atom. The number of alkyl halides is 3. The number of fused-ring (bicyclic) bond motifs is 2. The molecule has 0 atom stereocenters. The second-order valence-electron chi connectivity index (χ2n) is 25.4. The fourth-order valence-electron chi connectivity index (χ4n) is 10.1. The van der Waals surface area contributed by atoms with Gasteiger partial charge < -0.3 is 69.0 Å². The number of aliphatic carboxylic acids is 1. The molecule has 0 unspecified atom stereocenters. The smallest absolute Gasteiger partial charge is 0.490 e. The molecule has 0 aliphatic carbocycles. The molecule has 3 fully saturated rings. The highest BCUT2D eigenvalue weighted by Crippen LogP contribution is 2.35. The minimum atomic E-state index is -5.08. The lowest BCUT2D eigenvalue weighted by molar-refractivity contribution is -0.192. The predicted octanol–water partition coefficient (Wildman–Crippen LogP) is 8.81. The molecule has 35 heteroatoms. The van der Waals surface area contributed by atoms with Gasteiger partial charge in [-0.05, 0) is 122 Å². The first-order valence-electron chi connectivity index (χ1n) is 34.9. The summed E-state index contributed by atoms with van der Waals surface area (Å²) in [5, 5.41) is 45.3. The molecule has 1 amide bonds. The molecule has 3 saturated heterocycles. The van der Waals surface area contributed by atoms with Gasteiger partial charge in [-0.1, -0.05) is 76.8 Å². The van der Waals surface area contributed by atoms with Crippen LogP contribution < -0.4 is 25.9 Å². The fraction of sp³-hybridized carbons (Fsp3) is 0.571. The molecule has 3 aromatic carbocycles. The van der Waals surface area contributed by atoms with E-state index in [0.29, 0.717) is 109 Å². The molecule has 7 heterocycles. The van der Waals surface area contributed by atoms with Gasteiger partial charge >= 0.3 is 18.2 Å². The Morgan fingerprint density at radius 3 is 1.52 bits per heavy atom. The number of ether oxygens (including phenoxy) is 6. The molecule has 29 nitrogen and oxygen atoms in total. The van der Waals surface area contributed by atoms with Crippen molar-refractivity contribution in [1.29, 1.82) is 0 Å². The van der Waals surface area contributed by atoms with Crippen molar-refractivity contribution in [2.45, 2.75) is 173 Å². The van der Waals surface area contributed by atoms with Crippen LogP contribution in [0.4, 0.5) is 18.0 Å². The highest BCUT2D eigenvalue weighted by molar-refractivity contribution is 8.13. The van der Waals surface area contributed by atoms with Gasteiger partial charge in [-0.3, -0.25) is 19.0 Å². The number of aromatic amines is 2. The van der Waals surface area contributed by atoms with Crippen LogP contribution in [0.15, 0.2) is 86.1 Å². The molecule has 4 aromatic heterocycles. The maximum Gasteiger partial charge on any atom is 0.490 e. The molecular formula is C70H101ClF3N11O18S2. The van der Waals surface area contributed by atoms with E-state index in [2.05, 4.69) is 54.5 Å². The van der Waals surface area contributed by atoms with E-state index in [4.69, 9.17) is 64.3 Å². The number of H-pyrrole nitrogens is 2. The number of sulfonamides is 1. The Hall–Kier alpha value is -7.64. The lowest BCUT2D eigenvalue weighted by Gasteiger charge is -2.37. The Morgan fingerprint density at radius 2 is 1.11 bits per heavy atom. The van der Waals surface area contributed by atoms with Gasteiger partial charge in [0.25, 0.3) is 20.2 Å². The van der Waals surface area contributed by atoms with Gasteiger partial charge in [0.05, 0.1) is 83.5 Å². The Balaban J connectivity index is 0.000000250. The molecule has 10 rings (SSSR count). The number of likely N-dealkylation sites (tertiary alicyclic amines) is 1. The number of halogens is 4. The van der Waals surface area contributed by atoms with Gasteiger partial charge in [0.1, 0.15) is 39.8 Å². The molecule has 0 saturated carbocycles. The molecule has 0 bridgehead atoms. The number of nitrogens with one attached hydrogen (secondary N) is 3. The van der Waals surface area contributed by atoms with E-state index in [0.717, 1.165) is 70.7 Å². The summed E-state index contributed by atoms with van der Waals surface area (Å²) in [6.07, 6.45) is 4.46. The molecule has 105 heavy (non-hydrogen) atoms. The van der Waals surface area contributed by atoms with Gasteiger partial charge in [0, 0.05) is 84.0 Å². The number of aliphatic hydroxyl groups is 3. The van der Waals surface area contributed by atoms with Crippen LogP contribution in [0, 0.1) is 0 Å². The number of aromatic nitrogens is 8. The third-order valence-electron chi connectivity index (χ3n) is 15.6. The van der Waals surface area contributed by atoms with Crippen molar-refractivity contribution < 1.29 is 88.4 Å².